The number of ether oxygens (including phenoxy) is 2. The molecule has 3 rings (SSSR count). The van der Waals surface area contributed by atoms with Gasteiger partial charge in [-0.3, -0.25) is 4.90 Å². The van der Waals surface area contributed by atoms with Gasteiger partial charge in [0.2, 0.25) is 5.89 Å². The second kappa shape index (κ2) is 7.25. The van der Waals surface area contributed by atoms with Gasteiger partial charge in [0.15, 0.2) is 5.76 Å². The molecule has 1 aliphatic rings. The molecular formula is C18H24N2O3. The smallest absolute Gasteiger partial charge is 0.209 e. The Balaban J connectivity index is 1.72. The lowest BCUT2D eigenvalue weighted by atomic mass is 10.1. The summed E-state index contributed by atoms with van der Waals surface area (Å²) in [6.07, 6.45) is 3.05. The van der Waals surface area contributed by atoms with Crippen molar-refractivity contribution in [3.63, 3.8) is 0 Å². The van der Waals surface area contributed by atoms with E-state index in [1.54, 1.807) is 14.2 Å². The molecule has 0 aliphatic carbocycles. The fourth-order valence-corrected chi connectivity index (χ4v) is 3.20. The van der Waals surface area contributed by atoms with E-state index in [-0.39, 0.29) is 6.10 Å². The Morgan fingerprint density at radius 1 is 1.30 bits per heavy atom. The molecule has 1 aromatic heterocycles. The Bertz CT molecular complexity index is 641. The van der Waals surface area contributed by atoms with Crippen LogP contribution in [-0.2, 0) is 16.0 Å². The van der Waals surface area contributed by atoms with Gasteiger partial charge in [0.05, 0.1) is 25.5 Å². The standard InChI is InChI=1S/C18H24N2O3/c1-13-6-4-5-7-16(13)17-9-19-18(23-17)11-20-10-15(22-3)8-14(20)12-21-2/h4-7,9,14-15H,8,10-12H2,1-3H3/t14-,15-/m0/s1. The second-order valence-corrected chi connectivity index (χ2v) is 6.07. The van der Waals surface area contributed by atoms with Gasteiger partial charge in [0.25, 0.3) is 0 Å². The first-order chi connectivity index (χ1) is 11.2. The summed E-state index contributed by atoms with van der Waals surface area (Å²) in [4.78, 5) is 6.78. The van der Waals surface area contributed by atoms with Crippen LogP contribution in [0.2, 0.25) is 0 Å². The van der Waals surface area contributed by atoms with Crippen molar-refractivity contribution in [1.82, 2.24) is 9.88 Å². The molecule has 0 unspecified atom stereocenters. The van der Waals surface area contributed by atoms with Gasteiger partial charge >= 0.3 is 0 Å². The van der Waals surface area contributed by atoms with Gasteiger partial charge in [-0.05, 0) is 18.9 Å². The molecule has 1 aliphatic heterocycles. The van der Waals surface area contributed by atoms with Crippen LogP contribution in [0.3, 0.4) is 0 Å². The van der Waals surface area contributed by atoms with Crippen molar-refractivity contribution in [2.75, 3.05) is 27.4 Å². The number of methoxy groups -OCH3 is 2. The number of hydrogen-bond acceptors (Lipinski definition) is 5. The molecule has 0 spiro atoms. The van der Waals surface area contributed by atoms with E-state index in [0.717, 1.165) is 30.2 Å². The molecule has 23 heavy (non-hydrogen) atoms. The molecule has 1 aromatic carbocycles. The van der Waals surface area contributed by atoms with Crippen molar-refractivity contribution in [2.45, 2.75) is 32.0 Å². The van der Waals surface area contributed by atoms with Gasteiger partial charge in [0.1, 0.15) is 0 Å². The van der Waals surface area contributed by atoms with Crippen molar-refractivity contribution in [3.05, 3.63) is 41.9 Å². The minimum atomic E-state index is 0.251. The molecule has 5 nitrogen and oxygen atoms in total. The number of nitrogens with zero attached hydrogens (tertiary/aromatic N) is 2. The van der Waals surface area contributed by atoms with Crippen molar-refractivity contribution in [1.29, 1.82) is 0 Å². The number of aryl methyl sites for hydroxylation is 1. The fraction of sp³-hybridized carbons (Fsp3) is 0.500. The molecule has 0 saturated carbocycles. The average molecular weight is 316 g/mol. The van der Waals surface area contributed by atoms with Crippen molar-refractivity contribution < 1.29 is 13.9 Å². The molecule has 0 bridgehead atoms. The molecule has 124 valence electrons. The molecule has 1 saturated heterocycles. The van der Waals surface area contributed by atoms with E-state index >= 15 is 0 Å². The normalized spacial score (nSPS) is 21.9. The summed E-state index contributed by atoms with van der Waals surface area (Å²) in [5, 5.41) is 0. The molecule has 2 heterocycles. The highest BCUT2D eigenvalue weighted by Gasteiger charge is 2.32. The number of aromatic nitrogens is 1. The molecule has 1 fully saturated rings. The van der Waals surface area contributed by atoms with Gasteiger partial charge in [-0.2, -0.15) is 0 Å². The maximum Gasteiger partial charge on any atom is 0.209 e. The van der Waals surface area contributed by atoms with Crippen LogP contribution < -0.4 is 0 Å². The molecule has 0 radical (unpaired) electrons. The molecular weight excluding hydrogens is 292 g/mol. The molecule has 2 atom stereocenters. The summed E-state index contributed by atoms with van der Waals surface area (Å²) in [6.45, 7) is 4.34. The summed E-state index contributed by atoms with van der Waals surface area (Å²) >= 11 is 0. The Hall–Kier alpha value is -1.69. The Labute approximate surface area is 137 Å². The highest BCUT2D eigenvalue weighted by atomic mass is 16.5. The Morgan fingerprint density at radius 2 is 2.13 bits per heavy atom. The highest BCUT2D eigenvalue weighted by Crippen LogP contribution is 2.26. The van der Waals surface area contributed by atoms with Crippen molar-refractivity contribution in [3.8, 4) is 11.3 Å². The number of benzene rings is 1. The van der Waals surface area contributed by atoms with Gasteiger partial charge in [-0.1, -0.05) is 24.3 Å². The van der Waals surface area contributed by atoms with Crippen LogP contribution in [0.15, 0.2) is 34.9 Å². The van der Waals surface area contributed by atoms with Gasteiger partial charge in [-0.15, -0.1) is 0 Å². The Kier molecular flexibility index (Phi) is 5.10. The highest BCUT2D eigenvalue weighted by molar-refractivity contribution is 5.60. The number of hydrogen-bond donors (Lipinski definition) is 0. The minimum absolute atomic E-state index is 0.251. The third-order valence-electron chi connectivity index (χ3n) is 4.48. The summed E-state index contributed by atoms with van der Waals surface area (Å²) in [7, 11) is 3.50. The Morgan fingerprint density at radius 3 is 2.87 bits per heavy atom. The second-order valence-electron chi connectivity index (χ2n) is 6.07. The largest absolute Gasteiger partial charge is 0.439 e. The van der Waals surface area contributed by atoms with Crippen LogP contribution >= 0.6 is 0 Å². The monoisotopic (exact) mass is 316 g/mol. The zero-order valence-corrected chi connectivity index (χ0v) is 14.0. The predicted octanol–water partition coefficient (Wildman–Crippen LogP) is 2.89. The van der Waals surface area contributed by atoms with Crippen LogP contribution in [0.25, 0.3) is 11.3 Å². The first-order valence-corrected chi connectivity index (χ1v) is 7.97. The zero-order valence-electron chi connectivity index (χ0n) is 14.0. The third kappa shape index (κ3) is 3.63. The van der Waals surface area contributed by atoms with Crippen LogP contribution in [0, 0.1) is 6.92 Å². The summed E-state index contributed by atoms with van der Waals surface area (Å²) in [5.74, 6) is 1.56. The minimum Gasteiger partial charge on any atom is -0.439 e. The van der Waals surface area contributed by atoms with E-state index in [4.69, 9.17) is 13.9 Å². The molecule has 2 aromatic rings. The van der Waals surface area contributed by atoms with E-state index in [9.17, 15) is 0 Å². The van der Waals surface area contributed by atoms with Gasteiger partial charge in [-0.25, -0.2) is 4.98 Å². The number of rotatable bonds is 6. The summed E-state index contributed by atoms with van der Waals surface area (Å²) in [6, 6.07) is 8.53. The van der Waals surface area contributed by atoms with Crippen LogP contribution in [0.5, 0.6) is 0 Å². The number of oxazole rings is 1. The first-order valence-electron chi connectivity index (χ1n) is 7.97. The molecule has 0 N–H and O–H groups in total. The number of likely N-dealkylation sites (tertiary alicyclic amines) is 1. The first kappa shape index (κ1) is 16.2. The topological polar surface area (TPSA) is 47.7 Å². The summed E-state index contributed by atoms with van der Waals surface area (Å²) in [5.41, 5.74) is 2.28. The lowest BCUT2D eigenvalue weighted by Gasteiger charge is -2.21. The quantitative estimate of drug-likeness (QED) is 0.820. The fourth-order valence-electron chi connectivity index (χ4n) is 3.20. The third-order valence-corrected chi connectivity index (χ3v) is 4.48. The predicted molar refractivity (Wildman–Crippen MR) is 88.2 cm³/mol. The van der Waals surface area contributed by atoms with Crippen molar-refractivity contribution >= 4 is 0 Å². The lowest BCUT2D eigenvalue weighted by Crippen LogP contribution is -2.32. The maximum absolute atomic E-state index is 5.97. The average Bonchev–Trinajstić information content (AvgIpc) is 3.16. The van der Waals surface area contributed by atoms with E-state index < -0.39 is 0 Å². The van der Waals surface area contributed by atoms with Gasteiger partial charge in [0, 0.05) is 32.4 Å². The van der Waals surface area contributed by atoms with Gasteiger partial charge < -0.3 is 13.9 Å². The van der Waals surface area contributed by atoms with Crippen molar-refractivity contribution in [2.24, 2.45) is 0 Å². The van der Waals surface area contributed by atoms with E-state index in [0.29, 0.717) is 19.2 Å². The maximum atomic E-state index is 5.97. The zero-order chi connectivity index (χ0) is 16.2. The molecule has 0 amide bonds. The van der Waals surface area contributed by atoms with Crippen LogP contribution in [0.4, 0.5) is 0 Å². The SMILES string of the molecule is COC[C@@H]1C[C@H](OC)CN1Cc1ncc(-c2ccccc2C)o1. The van der Waals surface area contributed by atoms with Crippen LogP contribution in [-0.4, -0.2) is 49.4 Å². The summed E-state index contributed by atoms with van der Waals surface area (Å²) < 4.78 is 16.8. The molecule has 5 heteroatoms. The van der Waals surface area contributed by atoms with Crippen LogP contribution in [0.1, 0.15) is 17.9 Å². The van der Waals surface area contributed by atoms with E-state index in [1.807, 2.05) is 18.3 Å². The van der Waals surface area contributed by atoms with E-state index in [2.05, 4.69) is 28.9 Å². The lowest BCUT2D eigenvalue weighted by molar-refractivity contribution is 0.102. The van der Waals surface area contributed by atoms with E-state index in [1.165, 1.54) is 5.56 Å².